The van der Waals surface area contributed by atoms with Gasteiger partial charge in [-0.1, -0.05) is 42.5 Å². The molecule has 0 radical (unpaired) electrons. The number of benzene rings is 2. The number of carbonyl (C=O) groups excluding carboxylic acids is 1. The second-order valence-electron chi connectivity index (χ2n) is 6.72. The van der Waals surface area contributed by atoms with Crippen LogP contribution in [0.4, 0.5) is 5.69 Å². The number of halogens is 2. The highest BCUT2D eigenvalue weighted by atomic mass is 35.5. The van der Waals surface area contributed by atoms with E-state index in [0.29, 0.717) is 6.04 Å². The number of ether oxygens (including phenoxy) is 1. The van der Waals surface area contributed by atoms with Crippen molar-refractivity contribution >= 4 is 36.4 Å². The standard InChI is InChI=1S/C21H27N3O2.2ClH/c1-16(24-11-13-26-14-12-24)17-7-9-19(10-8-17)23-21(25)15-20(22)18-5-3-2-4-6-18;;/h2-10,16,20H,11-15,22H2,1H3,(H,23,25);2*1H. The van der Waals surface area contributed by atoms with Crippen LogP contribution in [-0.2, 0) is 9.53 Å². The van der Waals surface area contributed by atoms with E-state index in [1.807, 2.05) is 42.5 Å². The maximum atomic E-state index is 12.2. The Hall–Kier alpha value is -1.63. The van der Waals surface area contributed by atoms with Gasteiger partial charge in [0.15, 0.2) is 0 Å². The van der Waals surface area contributed by atoms with Crippen LogP contribution < -0.4 is 11.1 Å². The minimum atomic E-state index is -0.295. The van der Waals surface area contributed by atoms with Crippen LogP contribution in [0.1, 0.15) is 36.6 Å². The highest BCUT2D eigenvalue weighted by molar-refractivity contribution is 5.91. The minimum Gasteiger partial charge on any atom is -0.379 e. The Labute approximate surface area is 179 Å². The van der Waals surface area contributed by atoms with Gasteiger partial charge in [0.25, 0.3) is 0 Å². The van der Waals surface area contributed by atoms with E-state index in [1.165, 1.54) is 5.56 Å². The molecule has 1 aliphatic rings. The molecule has 2 aromatic rings. The molecule has 0 aliphatic carbocycles. The van der Waals surface area contributed by atoms with E-state index in [-0.39, 0.29) is 43.2 Å². The molecule has 1 aliphatic heterocycles. The molecule has 2 atom stereocenters. The Morgan fingerprint density at radius 1 is 1.04 bits per heavy atom. The van der Waals surface area contributed by atoms with Gasteiger partial charge in [-0.05, 0) is 30.2 Å². The molecule has 1 fully saturated rings. The summed E-state index contributed by atoms with van der Waals surface area (Å²) in [6.45, 7) is 5.70. The lowest BCUT2D eigenvalue weighted by molar-refractivity contribution is -0.116. The SMILES string of the molecule is CC(c1ccc(NC(=O)CC(N)c2ccccc2)cc1)N1CCOCC1.Cl.Cl. The summed E-state index contributed by atoms with van der Waals surface area (Å²) in [5, 5.41) is 2.94. The molecule has 0 aromatic heterocycles. The van der Waals surface area contributed by atoms with E-state index in [4.69, 9.17) is 10.5 Å². The number of nitrogens with zero attached hydrogens (tertiary/aromatic N) is 1. The molecule has 0 spiro atoms. The van der Waals surface area contributed by atoms with Crippen molar-refractivity contribution in [1.82, 2.24) is 4.90 Å². The van der Waals surface area contributed by atoms with Crippen molar-refractivity contribution in [3.05, 3.63) is 65.7 Å². The van der Waals surface area contributed by atoms with E-state index in [2.05, 4.69) is 29.3 Å². The highest BCUT2D eigenvalue weighted by Crippen LogP contribution is 2.23. The maximum Gasteiger partial charge on any atom is 0.226 e. The quantitative estimate of drug-likeness (QED) is 0.734. The van der Waals surface area contributed by atoms with Gasteiger partial charge in [-0.15, -0.1) is 24.8 Å². The number of hydrogen-bond donors (Lipinski definition) is 2. The summed E-state index contributed by atoms with van der Waals surface area (Å²) in [5.74, 6) is -0.0738. The average Bonchev–Trinajstić information content (AvgIpc) is 2.69. The van der Waals surface area contributed by atoms with Gasteiger partial charge in [-0.3, -0.25) is 9.69 Å². The first kappa shape index (κ1) is 24.4. The molecule has 154 valence electrons. The Morgan fingerprint density at radius 2 is 1.64 bits per heavy atom. The number of rotatable bonds is 6. The van der Waals surface area contributed by atoms with Crippen LogP contribution in [0, 0.1) is 0 Å². The summed E-state index contributed by atoms with van der Waals surface area (Å²) in [6, 6.07) is 17.8. The molecule has 1 amide bonds. The smallest absolute Gasteiger partial charge is 0.226 e. The molecule has 5 nitrogen and oxygen atoms in total. The molecular formula is C21H29Cl2N3O2. The Bertz CT molecular complexity index is 707. The lowest BCUT2D eigenvalue weighted by atomic mass is 10.0. The van der Waals surface area contributed by atoms with Gasteiger partial charge in [-0.25, -0.2) is 0 Å². The van der Waals surface area contributed by atoms with Gasteiger partial charge >= 0.3 is 0 Å². The molecule has 2 aromatic carbocycles. The Kier molecular flexibility index (Phi) is 10.5. The van der Waals surface area contributed by atoms with E-state index in [1.54, 1.807) is 0 Å². The molecule has 2 unspecified atom stereocenters. The summed E-state index contributed by atoms with van der Waals surface area (Å²) >= 11 is 0. The highest BCUT2D eigenvalue weighted by Gasteiger charge is 2.18. The van der Waals surface area contributed by atoms with E-state index >= 15 is 0 Å². The van der Waals surface area contributed by atoms with Gasteiger partial charge in [0, 0.05) is 37.3 Å². The summed E-state index contributed by atoms with van der Waals surface area (Å²) in [7, 11) is 0. The summed E-state index contributed by atoms with van der Waals surface area (Å²) in [6.07, 6.45) is 0.260. The normalized spacial score (nSPS) is 16.2. The monoisotopic (exact) mass is 425 g/mol. The van der Waals surface area contributed by atoms with E-state index in [0.717, 1.165) is 37.6 Å². The summed E-state index contributed by atoms with van der Waals surface area (Å²) in [5.41, 5.74) is 9.13. The van der Waals surface area contributed by atoms with E-state index < -0.39 is 0 Å². The number of morpholine rings is 1. The molecule has 7 heteroatoms. The van der Waals surface area contributed by atoms with Crippen LogP contribution in [0.2, 0.25) is 0 Å². The Morgan fingerprint density at radius 3 is 2.25 bits per heavy atom. The van der Waals surface area contributed by atoms with Crippen molar-refractivity contribution in [1.29, 1.82) is 0 Å². The van der Waals surface area contributed by atoms with Gasteiger partial charge in [0.05, 0.1) is 13.2 Å². The van der Waals surface area contributed by atoms with Crippen LogP contribution in [0.3, 0.4) is 0 Å². The summed E-state index contributed by atoms with van der Waals surface area (Å²) < 4.78 is 5.41. The third kappa shape index (κ3) is 6.76. The molecular weight excluding hydrogens is 397 g/mol. The fourth-order valence-electron chi connectivity index (χ4n) is 3.25. The largest absolute Gasteiger partial charge is 0.379 e. The van der Waals surface area contributed by atoms with Crippen LogP contribution in [0.5, 0.6) is 0 Å². The van der Waals surface area contributed by atoms with Crippen molar-refractivity contribution in [2.75, 3.05) is 31.6 Å². The Balaban J connectivity index is 0.00000196. The zero-order valence-corrected chi connectivity index (χ0v) is 17.7. The fraction of sp³-hybridized carbons (Fsp3) is 0.381. The molecule has 3 N–H and O–H groups in total. The first-order chi connectivity index (χ1) is 12.6. The molecule has 0 bridgehead atoms. The zero-order valence-electron chi connectivity index (χ0n) is 16.0. The number of hydrogen-bond acceptors (Lipinski definition) is 4. The number of amides is 1. The number of carbonyl (C=O) groups is 1. The zero-order chi connectivity index (χ0) is 18.4. The lowest BCUT2D eigenvalue weighted by Gasteiger charge is -2.32. The molecule has 1 saturated heterocycles. The number of anilines is 1. The van der Waals surface area contributed by atoms with Gasteiger partial charge < -0.3 is 15.8 Å². The van der Waals surface area contributed by atoms with Gasteiger partial charge in [0.2, 0.25) is 5.91 Å². The first-order valence-corrected chi connectivity index (χ1v) is 9.15. The maximum absolute atomic E-state index is 12.2. The topological polar surface area (TPSA) is 67.6 Å². The lowest BCUT2D eigenvalue weighted by Crippen LogP contribution is -2.38. The third-order valence-corrected chi connectivity index (χ3v) is 4.90. The minimum absolute atomic E-state index is 0. The molecule has 1 heterocycles. The van der Waals surface area contributed by atoms with Crippen LogP contribution in [0.15, 0.2) is 54.6 Å². The van der Waals surface area contributed by atoms with Crippen molar-refractivity contribution < 1.29 is 9.53 Å². The van der Waals surface area contributed by atoms with Crippen molar-refractivity contribution in [3.8, 4) is 0 Å². The van der Waals surface area contributed by atoms with E-state index in [9.17, 15) is 4.79 Å². The van der Waals surface area contributed by atoms with Crippen molar-refractivity contribution in [2.45, 2.75) is 25.4 Å². The molecule has 0 saturated carbocycles. The van der Waals surface area contributed by atoms with Crippen molar-refractivity contribution in [3.63, 3.8) is 0 Å². The van der Waals surface area contributed by atoms with Crippen LogP contribution in [-0.4, -0.2) is 37.1 Å². The van der Waals surface area contributed by atoms with Crippen molar-refractivity contribution in [2.24, 2.45) is 5.73 Å². The fourth-order valence-corrected chi connectivity index (χ4v) is 3.25. The predicted octanol–water partition coefficient (Wildman–Crippen LogP) is 3.95. The van der Waals surface area contributed by atoms with Crippen LogP contribution in [0.25, 0.3) is 0 Å². The molecule has 28 heavy (non-hydrogen) atoms. The average molecular weight is 426 g/mol. The number of nitrogens with one attached hydrogen (secondary N) is 1. The number of nitrogens with two attached hydrogens (primary N) is 1. The van der Waals surface area contributed by atoms with Gasteiger partial charge in [-0.2, -0.15) is 0 Å². The second kappa shape index (κ2) is 12.0. The molecule has 3 rings (SSSR count). The van der Waals surface area contributed by atoms with Crippen LogP contribution >= 0.6 is 24.8 Å². The van der Waals surface area contributed by atoms with Gasteiger partial charge in [0.1, 0.15) is 0 Å². The second-order valence-corrected chi connectivity index (χ2v) is 6.72. The predicted molar refractivity (Wildman–Crippen MR) is 118 cm³/mol. The third-order valence-electron chi connectivity index (χ3n) is 4.90. The first-order valence-electron chi connectivity index (χ1n) is 9.15. The summed E-state index contributed by atoms with van der Waals surface area (Å²) in [4.78, 5) is 14.7.